The molecule has 0 unspecified atom stereocenters. The number of nitriles is 1. The number of aromatic nitrogens is 3. The van der Waals surface area contributed by atoms with Crippen molar-refractivity contribution in [2.24, 2.45) is 0 Å². The van der Waals surface area contributed by atoms with Gasteiger partial charge in [0, 0.05) is 16.6 Å². The Bertz CT molecular complexity index is 1260. The summed E-state index contributed by atoms with van der Waals surface area (Å²) in [5.74, 6) is -0.259. The number of fused-ring (bicyclic) bond motifs is 1. The Hall–Kier alpha value is -3.50. The van der Waals surface area contributed by atoms with Crippen LogP contribution in [0.5, 0.6) is 0 Å². The number of anilines is 1. The van der Waals surface area contributed by atoms with Gasteiger partial charge in [0.25, 0.3) is 5.91 Å². The minimum atomic E-state index is -0.259. The van der Waals surface area contributed by atoms with Gasteiger partial charge < -0.3 is 5.32 Å². The molecule has 0 saturated heterocycles. The first-order valence-electron chi connectivity index (χ1n) is 9.23. The fraction of sp³-hybridized carbons (Fsp3) is 0.182. The predicted octanol–water partition coefficient (Wildman–Crippen LogP) is 5.17. The van der Waals surface area contributed by atoms with Crippen LogP contribution in [0.4, 0.5) is 5.69 Å². The summed E-state index contributed by atoms with van der Waals surface area (Å²) in [6.45, 7) is 6.10. The van der Waals surface area contributed by atoms with Gasteiger partial charge in [0.05, 0.1) is 39.4 Å². The van der Waals surface area contributed by atoms with Gasteiger partial charge >= 0.3 is 0 Å². The van der Waals surface area contributed by atoms with E-state index in [-0.39, 0.29) is 11.9 Å². The summed E-state index contributed by atoms with van der Waals surface area (Å²) < 4.78 is 1.83. The van der Waals surface area contributed by atoms with Crippen molar-refractivity contribution in [3.8, 4) is 16.6 Å². The lowest BCUT2D eigenvalue weighted by Gasteiger charge is -2.10. The number of thiophene rings is 1. The van der Waals surface area contributed by atoms with Crippen LogP contribution >= 0.6 is 11.3 Å². The van der Waals surface area contributed by atoms with Crippen LogP contribution in [0.25, 0.3) is 21.6 Å². The van der Waals surface area contributed by atoms with Crippen molar-refractivity contribution in [2.45, 2.75) is 26.8 Å². The Morgan fingerprint density at radius 2 is 2.07 bits per heavy atom. The maximum atomic E-state index is 13.1. The lowest BCUT2D eigenvalue weighted by atomic mass is 10.1. The zero-order chi connectivity index (χ0) is 20.5. The smallest absolute Gasteiger partial charge is 0.256 e. The standard InChI is InChI=1S/C22H19N5OS/c1-13(2)27-21-18(12-24-27)17(10-19(26-21)20-8-7-14(3)29-20)22(28)25-16-6-4-5-15(9-16)11-23/h4-10,12-13H,1-3H3,(H,25,28). The number of carbonyl (C=O) groups is 1. The molecule has 1 amide bonds. The molecule has 144 valence electrons. The Balaban J connectivity index is 1.83. The number of aryl methyl sites for hydroxylation is 1. The van der Waals surface area contributed by atoms with E-state index in [2.05, 4.69) is 16.5 Å². The third kappa shape index (κ3) is 3.62. The molecule has 0 aliphatic carbocycles. The summed E-state index contributed by atoms with van der Waals surface area (Å²) in [4.78, 5) is 20.1. The van der Waals surface area contributed by atoms with Gasteiger partial charge in [-0.3, -0.25) is 4.79 Å². The number of rotatable bonds is 4. The molecule has 29 heavy (non-hydrogen) atoms. The largest absolute Gasteiger partial charge is 0.322 e. The second-order valence-electron chi connectivity index (χ2n) is 7.03. The zero-order valence-electron chi connectivity index (χ0n) is 16.3. The molecule has 0 fully saturated rings. The van der Waals surface area contributed by atoms with Crippen molar-refractivity contribution in [3.63, 3.8) is 0 Å². The normalized spacial score (nSPS) is 11.0. The maximum Gasteiger partial charge on any atom is 0.256 e. The van der Waals surface area contributed by atoms with Crippen LogP contribution in [-0.4, -0.2) is 20.7 Å². The predicted molar refractivity (Wildman–Crippen MR) is 115 cm³/mol. The molecular weight excluding hydrogens is 382 g/mol. The van der Waals surface area contributed by atoms with Crippen molar-refractivity contribution in [2.75, 3.05) is 5.32 Å². The summed E-state index contributed by atoms with van der Waals surface area (Å²) in [5, 5.41) is 17.1. The third-order valence-corrected chi connectivity index (χ3v) is 5.57. The van der Waals surface area contributed by atoms with Gasteiger partial charge in [0.2, 0.25) is 0 Å². The lowest BCUT2D eigenvalue weighted by Crippen LogP contribution is -2.13. The molecule has 1 aromatic carbocycles. The Labute approximate surface area is 172 Å². The second-order valence-corrected chi connectivity index (χ2v) is 8.32. The summed E-state index contributed by atoms with van der Waals surface area (Å²) >= 11 is 1.64. The van der Waals surface area contributed by atoms with Crippen molar-refractivity contribution in [3.05, 3.63) is 64.7 Å². The van der Waals surface area contributed by atoms with Crippen LogP contribution in [-0.2, 0) is 0 Å². The van der Waals surface area contributed by atoms with Crippen LogP contribution in [0, 0.1) is 18.3 Å². The van der Waals surface area contributed by atoms with Crippen LogP contribution < -0.4 is 5.32 Å². The molecule has 4 aromatic rings. The van der Waals surface area contributed by atoms with Crippen LogP contribution in [0.2, 0.25) is 0 Å². The van der Waals surface area contributed by atoms with Gasteiger partial charge in [0.1, 0.15) is 0 Å². The molecule has 0 atom stereocenters. The first-order valence-corrected chi connectivity index (χ1v) is 10.0. The summed E-state index contributed by atoms with van der Waals surface area (Å²) in [7, 11) is 0. The van der Waals surface area contributed by atoms with Crippen molar-refractivity contribution in [1.29, 1.82) is 5.26 Å². The van der Waals surface area contributed by atoms with Crippen molar-refractivity contribution < 1.29 is 4.79 Å². The van der Waals surface area contributed by atoms with Gasteiger partial charge in [-0.1, -0.05) is 6.07 Å². The zero-order valence-corrected chi connectivity index (χ0v) is 17.1. The number of amides is 1. The monoisotopic (exact) mass is 401 g/mol. The van der Waals surface area contributed by atoms with Crippen molar-refractivity contribution >= 4 is 34.0 Å². The highest BCUT2D eigenvalue weighted by Gasteiger charge is 2.19. The van der Waals surface area contributed by atoms with Gasteiger partial charge in [-0.2, -0.15) is 10.4 Å². The molecule has 0 radical (unpaired) electrons. The van der Waals surface area contributed by atoms with E-state index in [1.165, 1.54) is 4.88 Å². The molecule has 4 rings (SSSR count). The molecule has 1 N–H and O–H groups in total. The molecule has 0 spiro atoms. The van der Waals surface area contributed by atoms with Crippen LogP contribution in [0.15, 0.2) is 48.7 Å². The molecule has 6 nitrogen and oxygen atoms in total. The Kier molecular flexibility index (Phi) is 4.87. The van der Waals surface area contributed by atoms with E-state index < -0.39 is 0 Å². The highest BCUT2D eigenvalue weighted by atomic mass is 32.1. The number of pyridine rings is 1. The van der Waals surface area contributed by atoms with Crippen LogP contribution in [0.3, 0.4) is 0 Å². The van der Waals surface area contributed by atoms with Gasteiger partial charge in [-0.15, -0.1) is 11.3 Å². The number of hydrogen-bond donors (Lipinski definition) is 1. The van der Waals surface area contributed by atoms with Crippen LogP contribution in [0.1, 0.15) is 40.7 Å². The number of nitrogens with zero attached hydrogens (tertiary/aromatic N) is 4. The Morgan fingerprint density at radius 3 is 2.76 bits per heavy atom. The molecule has 3 aromatic heterocycles. The van der Waals surface area contributed by atoms with E-state index in [0.29, 0.717) is 27.8 Å². The van der Waals surface area contributed by atoms with E-state index in [1.54, 1.807) is 41.8 Å². The van der Waals surface area contributed by atoms with E-state index in [1.807, 2.05) is 43.7 Å². The average molecular weight is 401 g/mol. The SMILES string of the molecule is Cc1ccc(-c2cc(C(=O)Nc3cccc(C#N)c3)c3cnn(C(C)C)c3n2)s1. The molecule has 0 saturated carbocycles. The topological polar surface area (TPSA) is 83.6 Å². The average Bonchev–Trinajstić information content (AvgIpc) is 3.33. The summed E-state index contributed by atoms with van der Waals surface area (Å²) in [6.07, 6.45) is 1.69. The molecule has 0 aliphatic rings. The second kappa shape index (κ2) is 7.49. The number of hydrogen-bond acceptors (Lipinski definition) is 5. The molecule has 0 bridgehead atoms. The number of nitrogens with one attached hydrogen (secondary N) is 1. The summed E-state index contributed by atoms with van der Waals surface area (Å²) in [5.41, 5.74) is 2.99. The van der Waals surface area contributed by atoms with Gasteiger partial charge in [-0.25, -0.2) is 9.67 Å². The minimum absolute atomic E-state index is 0.114. The number of carbonyl (C=O) groups excluding carboxylic acids is 1. The fourth-order valence-electron chi connectivity index (χ4n) is 3.15. The molecule has 3 heterocycles. The summed E-state index contributed by atoms with van der Waals surface area (Å²) in [6, 6.07) is 14.9. The first kappa shape index (κ1) is 18.8. The van der Waals surface area contributed by atoms with Gasteiger partial charge in [0.15, 0.2) is 5.65 Å². The third-order valence-electron chi connectivity index (χ3n) is 4.54. The Morgan fingerprint density at radius 1 is 1.24 bits per heavy atom. The van der Waals surface area contributed by atoms with E-state index in [0.717, 1.165) is 10.6 Å². The van der Waals surface area contributed by atoms with E-state index >= 15 is 0 Å². The minimum Gasteiger partial charge on any atom is -0.322 e. The maximum absolute atomic E-state index is 13.1. The van der Waals surface area contributed by atoms with Gasteiger partial charge in [-0.05, 0) is 57.2 Å². The first-order chi connectivity index (χ1) is 14.0. The molecule has 0 aliphatic heterocycles. The number of benzene rings is 1. The van der Waals surface area contributed by atoms with Crippen molar-refractivity contribution in [1.82, 2.24) is 14.8 Å². The lowest BCUT2D eigenvalue weighted by molar-refractivity contribution is 0.102. The highest BCUT2D eigenvalue weighted by molar-refractivity contribution is 7.15. The van der Waals surface area contributed by atoms with E-state index in [4.69, 9.17) is 10.2 Å². The van der Waals surface area contributed by atoms with E-state index in [9.17, 15) is 4.79 Å². The molecular formula is C22H19N5OS. The molecule has 7 heteroatoms. The fourth-order valence-corrected chi connectivity index (χ4v) is 3.98. The highest BCUT2D eigenvalue weighted by Crippen LogP contribution is 2.31. The quantitative estimate of drug-likeness (QED) is 0.511.